The number of ether oxygens (including phenoxy) is 3. The molecule has 0 atom stereocenters. The first-order valence-electron chi connectivity index (χ1n) is 13.7. The van der Waals surface area contributed by atoms with Crippen molar-refractivity contribution in [3.8, 4) is 0 Å². The van der Waals surface area contributed by atoms with Crippen molar-refractivity contribution in [3.05, 3.63) is 44.6 Å². The van der Waals surface area contributed by atoms with Crippen LogP contribution in [0.2, 0.25) is 0 Å². The number of aryl methyl sites for hydroxylation is 1. The Labute approximate surface area is 256 Å². The van der Waals surface area contributed by atoms with Gasteiger partial charge in [0.2, 0.25) is 5.91 Å². The highest BCUT2D eigenvalue weighted by Crippen LogP contribution is 2.38. The molecule has 1 aromatic carbocycles. The molecular formula is C28H33N3O9S3. The van der Waals surface area contributed by atoms with E-state index in [1.54, 1.807) is 29.7 Å². The number of anilines is 1. The second kappa shape index (κ2) is 14.4. The molecule has 0 bridgehead atoms. The van der Waals surface area contributed by atoms with Gasteiger partial charge in [-0.15, -0.1) is 11.3 Å². The zero-order chi connectivity index (χ0) is 31.1. The van der Waals surface area contributed by atoms with E-state index < -0.39 is 45.1 Å². The Bertz CT molecular complexity index is 1720. The third-order valence-electron chi connectivity index (χ3n) is 6.69. The van der Waals surface area contributed by atoms with Crippen molar-refractivity contribution in [2.75, 3.05) is 44.3 Å². The van der Waals surface area contributed by atoms with Crippen LogP contribution in [0.15, 0.2) is 23.2 Å². The van der Waals surface area contributed by atoms with E-state index in [-0.39, 0.29) is 22.0 Å². The van der Waals surface area contributed by atoms with Crippen molar-refractivity contribution in [1.82, 2.24) is 4.57 Å². The Balaban J connectivity index is 1.53. The summed E-state index contributed by atoms with van der Waals surface area (Å²) >= 11 is 2.36. The molecule has 1 aliphatic carbocycles. The summed E-state index contributed by atoms with van der Waals surface area (Å²) in [4.78, 5) is 55.6. The molecule has 0 fully saturated rings. The molecule has 2 aromatic heterocycles. The van der Waals surface area contributed by atoms with Crippen molar-refractivity contribution >= 4 is 71.5 Å². The second-order valence-electron chi connectivity index (χ2n) is 9.78. The van der Waals surface area contributed by atoms with Gasteiger partial charge in [-0.3, -0.25) is 9.59 Å². The number of benzene rings is 1. The number of nitrogens with zero attached hydrogens (tertiary/aromatic N) is 2. The number of rotatable bonds is 11. The Morgan fingerprint density at radius 2 is 1.79 bits per heavy atom. The summed E-state index contributed by atoms with van der Waals surface area (Å²) in [5.41, 5.74) is 2.11. The van der Waals surface area contributed by atoms with Crippen LogP contribution in [0, 0.1) is 0 Å². The van der Waals surface area contributed by atoms with Crippen molar-refractivity contribution in [3.63, 3.8) is 0 Å². The van der Waals surface area contributed by atoms with Crippen LogP contribution in [-0.4, -0.2) is 75.7 Å². The third kappa shape index (κ3) is 7.96. The molecule has 43 heavy (non-hydrogen) atoms. The summed E-state index contributed by atoms with van der Waals surface area (Å²) < 4.78 is 43.2. The van der Waals surface area contributed by atoms with Crippen LogP contribution in [0.1, 0.15) is 57.3 Å². The maximum atomic E-state index is 12.9. The number of hydrogen-bond donors (Lipinski definition) is 1. The number of amides is 2. The lowest BCUT2D eigenvalue weighted by Crippen LogP contribution is -2.28. The average Bonchev–Trinajstić information content (AvgIpc) is 3.36. The molecule has 232 valence electrons. The summed E-state index contributed by atoms with van der Waals surface area (Å²) in [6.45, 7) is 2.55. The lowest BCUT2D eigenvalue weighted by Gasteiger charge is -2.08. The van der Waals surface area contributed by atoms with Gasteiger partial charge in [-0.05, 0) is 56.4 Å². The molecule has 4 rings (SSSR count). The topological polar surface area (TPSA) is 159 Å². The summed E-state index contributed by atoms with van der Waals surface area (Å²) in [6.07, 6.45) is 4.33. The Morgan fingerprint density at radius 3 is 2.51 bits per heavy atom. The fourth-order valence-corrected chi connectivity index (χ4v) is 8.21. The Hall–Kier alpha value is -3.40. The highest BCUT2D eigenvalue weighted by Gasteiger charge is 2.28. The quantitative estimate of drug-likeness (QED) is 0.243. The van der Waals surface area contributed by atoms with E-state index in [9.17, 15) is 27.6 Å². The van der Waals surface area contributed by atoms with Crippen molar-refractivity contribution in [2.45, 2.75) is 45.6 Å². The molecule has 15 heteroatoms. The lowest BCUT2D eigenvalue weighted by molar-refractivity contribution is -0.115. The molecule has 0 radical (unpaired) electrons. The Morgan fingerprint density at radius 1 is 1.02 bits per heavy atom. The average molecular weight is 652 g/mol. The molecule has 2 heterocycles. The van der Waals surface area contributed by atoms with Crippen LogP contribution in [0.3, 0.4) is 0 Å². The summed E-state index contributed by atoms with van der Waals surface area (Å²) in [5, 5.41) is 2.81. The minimum atomic E-state index is -4.21. The fourth-order valence-electron chi connectivity index (χ4n) is 4.79. The first-order valence-corrected chi connectivity index (χ1v) is 17.1. The number of thiazole rings is 1. The number of methoxy groups -OCH3 is 2. The fraction of sp³-hybridized carbons (Fsp3) is 0.464. The van der Waals surface area contributed by atoms with Gasteiger partial charge in [0.25, 0.3) is 5.91 Å². The number of carbonyl (C=O) groups excluding carboxylic acids is 4. The third-order valence-corrected chi connectivity index (χ3v) is 10.3. The maximum Gasteiger partial charge on any atom is 0.341 e. The zero-order valence-corrected chi connectivity index (χ0v) is 26.5. The maximum absolute atomic E-state index is 12.9. The monoisotopic (exact) mass is 651 g/mol. The van der Waals surface area contributed by atoms with Crippen LogP contribution < -0.4 is 10.1 Å². The molecule has 1 aliphatic rings. The van der Waals surface area contributed by atoms with Gasteiger partial charge in [-0.1, -0.05) is 17.8 Å². The largest absolute Gasteiger partial charge is 0.465 e. The van der Waals surface area contributed by atoms with Gasteiger partial charge in [0.05, 0.1) is 41.7 Å². The molecular weight excluding hydrogens is 619 g/mol. The minimum Gasteiger partial charge on any atom is -0.465 e. The molecule has 12 nitrogen and oxygen atoms in total. The number of thiophene rings is 1. The van der Waals surface area contributed by atoms with Gasteiger partial charge in [0.15, 0.2) is 14.6 Å². The lowest BCUT2D eigenvalue weighted by atomic mass is 10.1. The molecule has 0 saturated carbocycles. The molecule has 0 saturated heterocycles. The first-order chi connectivity index (χ1) is 20.6. The van der Waals surface area contributed by atoms with E-state index in [0.29, 0.717) is 35.4 Å². The van der Waals surface area contributed by atoms with Crippen LogP contribution in [0.5, 0.6) is 0 Å². The van der Waals surface area contributed by atoms with Gasteiger partial charge < -0.3 is 24.1 Å². The van der Waals surface area contributed by atoms with E-state index in [1.807, 2.05) is 0 Å². The van der Waals surface area contributed by atoms with Crippen LogP contribution in [-0.2, 0) is 53.0 Å². The van der Waals surface area contributed by atoms with Crippen molar-refractivity contribution in [2.24, 2.45) is 4.99 Å². The van der Waals surface area contributed by atoms with Gasteiger partial charge in [-0.2, -0.15) is 4.99 Å². The van der Waals surface area contributed by atoms with Crippen LogP contribution >= 0.6 is 22.7 Å². The van der Waals surface area contributed by atoms with E-state index in [0.717, 1.165) is 47.5 Å². The minimum absolute atomic E-state index is 0.221. The summed E-state index contributed by atoms with van der Waals surface area (Å²) in [6, 6.07) is 4.92. The number of hydrogen-bond acceptors (Lipinski definition) is 11. The second-order valence-corrected chi connectivity index (χ2v) is 14.0. The number of sulfone groups is 1. The number of fused-ring (bicyclic) bond motifs is 2. The molecule has 1 N–H and O–H groups in total. The van der Waals surface area contributed by atoms with E-state index in [4.69, 9.17) is 14.2 Å². The first kappa shape index (κ1) is 32.5. The standard InChI is InChI=1S/C28H33N3O9S3/c1-4-40-26(34)17-10-11-19-21(14-17)42-28(31(19)12-13-38-2)30-23(33)16-43(36,37)15-22(32)29-25-24(27(35)39-3)18-8-6-5-7-9-20(18)41-25/h10-11,14H,4-9,12-13,15-16H2,1-3H3,(H,29,32). The van der Waals surface area contributed by atoms with Crippen molar-refractivity contribution < 1.29 is 41.8 Å². The molecule has 3 aromatic rings. The summed E-state index contributed by atoms with van der Waals surface area (Å²) in [5.74, 6) is -4.84. The molecule has 0 spiro atoms. The van der Waals surface area contributed by atoms with E-state index >= 15 is 0 Å². The highest BCUT2D eigenvalue weighted by molar-refractivity contribution is 7.92. The SMILES string of the molecule is CCOC(=O)c1ccc2c(c1)sc(=NC(=O)CS(=O)(=O)CC(=O)Nc1sc3c(c1C(=O)OC)CCCCC3)n2CCOC. The summed E-state index contributed by atoms with van der Waals surface area (Å²) in [7, 11) is -1.43. The normalized spacial score (nSPS) is 13.8. The van der Waals surface area contributed by atoms with E-state index in [2.05, 4.69) is 10.3 Å². The zero-order valence-electron chi connectivity index (χ0n) is 24.1. The van der Waals surface area contributed by atoms with Crippen molar-refractivity contribution in [1.29, 1.82) is 0 Å². The van der Waals surface area contributed by atoms with Gasteiger partial charge in [-0.25, -0.2) is 18.0 Å². The molecule has 0 aliphatic heterocycles. The highest BCUT2D eigenvalue weighted by atomic mass is 32.2. The number of nitrogens with one attached hydrogen (secondary N) is 1. The number of esters is 2. The van der Waals surface area contributed by atoms with E-state index in [1.165, 1.54) is 25.6 Å². The Kier molecular flexibility index (Phi) is 10.9. The predicted octanol–water partition coefficient (Wildman–Crippen LogP) is 3.12. The smallest absolute Gasteiger partial charge is 0.341 e. The van der Waals surface area contributed by atoms with Gasteiger partial charge in [0, 0.05) is 18.5 Å². The molecule has 2 amide bonds. The number of aromatic nitrogens is 1. The molecule has 0 unspecified atom stereocenters. The van der Waals surface area contributed by atoms with Gasteiger partial charge in [0.1, 0.15) is 16.5 Å². The number of carbonyl (C=O) groups is 4. The van der Waals surface area contributed by atoms with Crippen LogP contribution in [0.4, 0.5) is 5.00 Å². The van der Waals surface area contributed by atoms with Gasteiger partial charge >= 0.3 is 11.9 Å². The predicted molar refractivity (Wildman–Crippen MR) is 162 cm³/mol. The van der Waals surface area contributed by atoms with Crippen LogP contribution in [0.25, 0.3) is 10.2 Å².